The highest BCUT2D eigenvalue weighted by atomic mass is 35.5. The van der Waals surface area contributed by atoms with Crippen molar-refractivity contribution in [2.45, 2.75) is 44.1 Å². The fourth-order valence-corrected chi connectivity index (χ4v) is 3.93. The molecule has 6 nitrogen and oxygen atoms in total. The molecule has 1 atom stereocenters. The van der Waals surface area contributed by atoms with Crippen LogP contribution in [0, 0.1) is 5.82 Å². The number of nitrogens with one attached hydrogen (secondary N) is 1. The van der Waals surface area contributed by atoms with Crippen LogP contribution in [0.5, 0.6) is 0 Å². The molecule has 0 saturated carbocycles. The third-order valence-corrected chi connectivity index (χ3v) is 5.66. The quantitative estimate of drug-likeness (QED) is 0.868. The zero-order valence-electron chi connectivity index (χ0n) is 15.0. The molecule has 27 heavy (non-hydrogen) atoms. The zero-order chi connectivity index (χ0) is 18.8. The van der Waals surface area contributed by atoms with Crippen LogP contribution in [0.2, 0.25) is 5.02 Å². The van der Waals surface area contributed by atoms with E-state index >= 15 is 0 Å². The fourth-order valence-electron chi connectivity index (χ4n) is 3.71. The molecule has 144 valence electrons. The summed E-state index contributed by atoms with van der Waals surface area (Å²) in [5.74, 6) is 1.57. The second kappa shape index (κ2) is 7.94. The van der Waals surface area contributed by atoms with Gasteiger partial charge < -0.3 is 10.1 Å². The second-order valence-electron chi connectivity index (χ2n) is 7.11. The van der Waals surface area contributed by atoms with E-state index in [2.05, 4.69) is 5.32 Å². The van der Waals surface area contributed by atoms with E-state index in [1.165, 1.54) is 6.07 Å². The van der Waals surface area contributed by atoms with Crippen molar-refractivity contribution in [1.29, 1.82) is 0 Å². The van der Waals surface area contributed by atoms with E-state index in [1.54, 1.807) is 16.8 Å². The first-order valence-electron chi connectivity index (χ1n) is 9.34. The Kier molecular flexibility index (Phi) is 5.41. The van der Waals surface area contributed by atoms with Crippen molar-refractivity contribution in [2.24, 2.45) is 0 Å². The molecule has 3 heterocycles. The third-order valence-electron chi connectivity index (χ3n) is 5.30. The van der Waals surface area contributed by atoms with Gasteiger partial charge in [-0.25, -0.2) is 14.1 Å². The third kappa shape index (κ3) is 3.99. The summed E-state index contributed by atoms with van der Waals surface area (Å²) in [5, 5.41) is 7.99. The largest absolute Gasteiger partial charge is 0.381 e. The number of carbonyl (C=O) groups is 1. The van der Waals surface area contributed by atoms with Crippen molar-refractivity contribution in [3.8, 4) is 0 Å². The predicted molar refractivity (Wildman–Crippen MR) is 98.3 cm³/mol. The van der Waals surface area contributed by atoms with Crippen molar-refractivity contribution in [3.05, 3.63) is 46.3 Å². The second-order valence-corrected chi connectivity index (χ2v) is 7.52. The molecule has 2 saturated heterocycles. The molecule has 2 aromatic rings. The standard InChI is InChI=1S/C19H22ClFN4O2/c20-15-2-1-3-16(21)14(15)11-25-19(13-4-5-17(26)22-10-13)23-18(24-25)12-6-8-27-9-7-12/h1-3,12-13H,4-11H2,(H,22,26)/t13-/m1/s1. The summed E-state index contributed by atoms with van der Waals surface area (Å²) < 4.78 is 21.5. The van der Waals surface area contributed by atoms with Gasteiger partial charge in [0.05, 0.1) is 6.54 Å². The topological polar surface area (TPSA) is 69.0 Å². The molecular formula is C19H22ClFN4O2. The van der Waals surface area contributed by atoms with Crippen LogP contribution in [0.4, 0.5) is 4.39 Å². The van der Waals surface area contributed by atoms with Crippen molar-refractivity contribution >= 4 is 17.5 Å². The van der Waals surface area contributed by atoms with E-state index < -0.39 is 0 Å². The lowest BCUT2D eigenvalue weighted by Crippen LogP contribution is -2.35. The molecule has 2 fully saturated rings. The number of carbonyl (C=O) groups excluding carboxylic acids is 1. The first-order valence-corrected chi connectivity index (χ1v) is 9.71. The fraction of sp³-hybridized carbons (Fsp3) is 0.526. The Labute approximate surface area is 162 Å². The maximum Gasteiger partial charge on any atom is 0.220 e. The number of benzene rings is 1. The predicted octanol–water partition coefficient (Wildman–Crippen LogP) is 3.01. The number of hydrogen-bond donors (Lipinski definition) is 1. The monoisotopic (exact) mass is 392 g/mol. The molecule has 2 aliphatic heterocycles. The van der Waals surface area contributed by atoms with Gasteiger partial charge in [-0.1, -0.05) is 17.7 Å². The Morgan fingerprint density at radius 2 is 2.07 bits per heavy atom. The summed E-state index contributed by atoms with van der Waals surface area (Å²) in [6, 6.07) is 4.67. The van der Waals surface area contributed by atoms with Crippen molar-refractivity contribution in [3.63, 3.8) is 0 Å². The highest BCUT2D eigenvalue weighted by Crippen LogP contribution is 2.29. The average molecular weight is 393 g/mol. The van der Waals surface area contributed by atoms with E-state index in [0.29, 0.717) is 43.2 Å². The highest BCUT2D eigenvalue weighted by Gasteiger charge is 2.28. The van der Waals surface area contributed by atoms with Crippen LogP contribution in [0.15, 0.2) is 18.2 Å². The van der Waals surface area contributed by atoms with Crippen LogP contribution >= 0.6 is 11.6 Å². The molecule has 0 radical (unpaired) electrons. The maximum atomic E-state index is 14.3. The zero-order valence-corrected chi connectivity index (χ0v) is 15.7. The van der Waals surface area contributed by atoms with Gasteiger partial charge in [0.2, 0.25) is 5.91 Å². The van der Waals surface area contributed by atoms with Crippen LogP contribution in [0.25, 0.3) is 0 Å². The lowest BCUT2D eigenvalue weighted by molar-refractivity contribution is -0.122. The van der Waals surface area contributed by atoms with Crippen LogP contribution < -0.4 is 5.32 Å². The average Bonchev–Trinajstić information content (AvgIpc) is 3.10. The molecule has 8 heteroatoms. The minimum absolute atomic E-state index is 0.0547. The van der Waals surface area contributed by atoms with Gasteiger partial charge in [-0.15, -0.1) is 0 Å². The Hall–Kier alpha value is -1.99. The lowest BCUT2D eigenvalue weighted by atomic mass is 9.97. The number of rotatable bonds is 4. The number of hydrogen-bond acceptors (Lipinski definition) is 4. The van der Waals surface area contributed by atoms with Gasteiger partial charge >= 0.3 is 0 Å². The molecule has 0 aliphatic carbocycles. The molecule has 0 spiro atoms. The highest BCUT2D eigenvalue weighted by molar-refractivity contribution is 6.31. The van der Waals surface area contributed by atoms with Crippen LogP contribution in [-0.2, 0) is 16.1 Å². The van der Waals surface area contributed by atoms with E-state index in [1.807, 2.05) is 0 Å². The van der Waals surface area contributed by atoms with E-state index in [4.69, 9.17) is 26.4 Å². The van der Waals surface area contributed by atoms with Crippen LogP contribution in [0.1, 0.15) is 54.7 Å². The molecule has 1 aromatic carbocycles. The van der Waals surface area contributed by atoms with Crippen LogP contribution in [0.3, 0.4) is 0 Å². The number of aromatic nitrogens is 3. The first-order chi connectivity index (χ1) is 13.1. The molecule has 1 amide bonds. The Balaban J connectivity index is 1.67. The Bertz CT molecular complexity index is 805. The molecule has 1 N–H and O–H groups in total. The van der Waals surface area contributed by atoms with Crippen molar-refractivity contribution < 1.29 is 13.9 Å². The van der Waals surface area contributed by atoms with Gasteiger partial charge in [0, 0.05) is 48.6 Å². The molecule has 0 unspecified atom stereocenters. The summed E-state index contributed by atoms with van der Waals surface area (Å²) in [6.07, 6.45) is 2.93. The van der Waals surface area contributed by atoms with Gasteiger partial charge in [-0.3, -0.25) is 4.79 Å². The molecule has 4 rings (SSSR count). The van der Waals surface area contributed by atoms with Crippen molar-refractivity contribution in [1.82, 2.24) is 20.1 Å². The first kappa shape index (κ1) is 18.4. The SMILES string of the molecule is O=C1CC[C@@H](c2nc(C3CCOCC3)nn2Cc2c(F)cccc2Cl)CN1. The van der Waals surface area contributed by atoms with Gasteiger partial charge in [-0.2, -0.15) is 5.10 Å². The minimum Gasteiger partial charge on any atom is -0.381 e. The van der Waals surface area contributed by atoms with Gasteiger partial charge in [0.25, 0.3) is 0 Å². The normalized spacial score (nSPS) is 21.3. The van der Waals surface area contributed by atoms with Gasteiger partial charge in [0.1, 0.15) is 11.6 Å². The van der Waals surface area contributed by atoms with Gasteiger partial charge in [-0.05, 0) is 31.4 Å². The smallest absolute Gasteiger partial charge is 0.220 e. The summed E-state index contributed by atoms with van der Waals surface area (Å²) in [5.41, 5.74) is 0.406. The summed E-state index contributed by atoms with van der Waals surface area (Å²) >= 11 is 6.22. The summed E-state index contributed by atoms with van der Waals surface area (Å²) in [6.45, 7) is 2.15. The van der Waals surface area contributed by atoms with E-state index in [0.717, 1.165) is 24.5 Å². The maximum absolute atomic E-state index is 14.3. The molecule has 2 aliphatic rings. The number of ether oxygens (including phenoxy) is 1. The lowest BCUT2D eigenvalue weighted by Gasteiger charge is -2.22. The summed E-state index contributed by atoms with van der Waals surface area (Å²) in [4.78, 5) is 16.3. The van der Waals surface area contributed by atoms with Crippen molar-refractivity contribution in [2.75, 3.05) is 19.8 Å². The minimum atomic E-state index is -0.353. The Morgan fingerprint density at radius 1 is 1.26 bits per heavy atom. The molecular weight excluding hydrogens is 371 g/mol. The number of piperidine rings is 1. The number of nitrogens with zero attached hydrogens (tertiary/aromatic N) is 3. The van der Waals surface area contributed by atoms with Crippen LogP contribution in [-0.4, -0.2) is 40.4 Å². The summed E-state index contributed by atoms with van der Waals surface area (Å²) in [7, 11) is 0. The molecule has 0 bridgehead atoms. The van der Waals surface area contributed by atoms with Gasteiger partial charge in [0.15, 0.2) is 5.82 Å². The number of halogens is 2. The Morgan fingerprint density at radius 3 is 2.78 bits per heavy atom. The van der Waals surface area contributed by atoms with E-state index in [-0.39, 0.29) is 30.1 Å². The number of amides is 1. The van der Waals surface area contributed by atoms with E-state index in [9.17, 15) is 9.18 Å². The molecule has 1 aromatic heterocycles.